The molecule has 0 fully saturated rings. The van der Waals surface area contributed by atoms with Crippen LogP contribution in [0.5, 0.6) is 0 Å². The van der Waals surface area contributed by atoms with E-state index >= 15 is 0 Å². The molecule has 0 aliphatic carbocycles. The van der Waals surface area contributed by atoms with E-state index in [1.165, 1.54) is 37.1 Å². The smallest absolute Gasteiger partial charge is 0.0624 e. The second-order valence-electron chi connectivity index (χ2n) is 5.54. The van der Waals surface area contributed by atoms with E-state index < -0.39 is 0 Å². The van der Waals surface area contributed by atoms with Crippen LogP contribution in [0, 0.1) is 5.92 Å². The summed E-state index contributed by atoms with van der Waals surface area (Å²) in [7, 11) is 4.16. The predicted molar refractivity (Wildman–Crippen MR) is 82.4 cm³/mol. The average molecular weight is 265 g/mol. The fourth-order valence-corrected chi connectivity index (χ4v) is 2.95. The molecule has 0 aliphatic heterocycles. The van der Waals surface area contributed by atoms with Crippen molar-refractivity contribution in [3.8, 4) is 0 Å². The normalized spacial score (nSPS) is 13.2. The van der Waals surface area contributed by atoms with Gasteiger partial charge in [0.2, 0.25) is 0 Å². The summed E-state index contributed by atoms with van der Waals surface area (Å²) in [5, 5.41) is 8.09. The Bertz CT molecular complexity index is 351. The molecular weight excluding hydrogens is 234 g/mol. The van der Waals surface area contributed by atoms with Crippen molar-refractivity contribution < 1.29 is 0 Å². The Morgan fingerprint density at radius 3 is 2.26 bits per heavy atom. The van der Waals surface area contributed by atoms with Gasteiger partial charge in [-0.1, -0.05) is 33.6 Å². The first-order valence-electron chi connectivity index (χ1n) is 7.85. The van der Waals surface area contributed by atoms with Crippen LogP contribution in [0.4, 0.5) is 0 Å². The fourth-order valence-electron chi connectivity index (χ4n) is 2.95. The molecule has 0 saturated heterocycles. The van der Waals surface area contributed by atoms with Crippen molar-refractivity contribution in [3.05, 3.63) is 17.5 Å². The molecule has 0 bridgehead atoms. The minimum absolute atomic E-state index is 0.569. The Morgan fingerprint density at radius 2 is 1.84 bits per heavy atom. The standard InChI is InChI=1S/C16H31N3/c1-6-9-13(10-7-2)16(17-4)12-15-11-14(8-3)18-19(15)5/h11,13,16-17H,6-10,12H2,1-5H3. The molecule has 0 radical (unpaired) electrons. The van der Waals surface area contributed by atoms with Crippen LogP contribution in [-0.2, 0) is 19.9 Å². The number of aryl methyl sites for hydroxylation is 2. The molecule has 110 valence electrons. The third-order valence-corrected chi connectivity index (χ3v) is 4.08. The third-order valence-electron chi connectivity index (χ3n) is 4.08. The summed E-state index contributed by atoms with van der Waals surface area (Å²) in [6.07, 6.45) is 7.29. The molecule has 1 rings (SSSR count). The van der Waals surface area contributed by atoms with Gasteiger partial charge in [0.1, 0.15) is 0 Å². The number of hydrogen-bond acceptors (Lipinski definition) is 2. The van der Waals surface area contributed by atoms with Crippen LogP contribution in [-0.4, -0.2) is 22.9 Å². The van der Waals surface area contributed by atoms with Crippen molar-refractivity contribution in [3.63, 3.8) is 0 Å². The Labute approximate surface area is 118 Å². The molecule has 1 N–H and O–H groups in total. The molecule has 0 aromatic carbocycles. The summed E-state index contributed by atoms with van der Waals surface area (Å²) in [5.41, 5.74) is 2.56. The number of hydrogen-bond donors (Lipinski definition) is 1. The summed E-state index contributed by atoms with van der Waals surface area (Å²) < 4.78 is 2.05. The third kappa shape index (κ3) is 4.64. The van der Waals surface area contributed by atoms with Crippen molar-refractivity contribution >= 4 is 0 Å². The van der Waals surface area contributed by atoms with E-state index in [0.29, 0.717) is 6.04 Å². The SMILES string of the molecule is CCCC(CCC)C(Cc1cc(CC)nn1C)NC. The lowest BCUT2D eigenvalue weighted by Gasteiger charge is -2.26. The van der Waals surface area contributed by atoms with Gasteiger partial charge in [-0.2, -0.15) is 5.10 Å². The predicted octanol–water partition coefficient (Wildman–Crippen LogP) is 3.33. The van der Waals surface area contributed by atoms with E-state index in [0.717, 1.165) is 18.8 Å². The van der Waals surface area contributed by atoms with Gasteiger partial charge in [-0.15, -0.1) is 0 Å². The molecule has 19 heavy (non-hydrogen) atoms. The molecule has 1 aromatic rings. The van der Waals surface area contributed by atoms with E-state index in [1.807, 2.05) is 0 Å². The Morgan fingerprint density at radius 1 is 1.21 bits per heavy atom. The molecule has 3 nitrogen and oxygen atoms in total. The molecule has 0 amide bonds. The van der Waals surface area contributed by atoms with Gasteiger partial charge in [-0.3, -0.25) is 4.68 Å². The number of likely N-dealkylation sites (N-methyl/N-ethyl adjacent to an activating group) is 1. The van der Waals surface area contributed by atoms with E-state index in [9.17, 15) is 0 Å². The number of rotatable bonds is 9. The van der Waals surface area contributed by atoms with Crippen molar-refractivity contribution in [1.82, 2.24) is 15.1 Å². The second-order valence-corrected chi connectivity index (χ2v) is 5.54. The van der Waals surface area contributed by atoms with Gasteiger partial charge < -0.3 is 5.32 Å². The lowest BCUT2D eigenvalue weighted by atomic mass is 9.88. The summed E-state index contributed by atoms with van der Waals surface area (Å²) >= 11 is 0. The maximum Gasteiger partial charge on any atom is 0.0624 e. The van der Waals surface area contributed by atoms with Crippen molar-refractivity contribution in [1.29, 1.82) is 0 Å². The molecule has 1 aromatic heterocycles. The highest BCUT2D eigenvalue weighted by Gasteiger charge is 2.20. The van der Waals surface area contributed by atoms with E-state index in [2.05, 4.69) is 56.0 Å². The summed E-state index contributed by atoms with van der Waals surface area (Å²) in [6, 6.07) is 2.83. The molecule has 1 unspecified atom stereocenters. The van der Waals surface area contributed by atoms with Gasteiger partial charge in [0.25, 0.3) is 0 Å². The summed E-state index contributed by atoms with van der Waals surface area (Å²) in [6.45, 7) is 6.74. The van der Waals surface area contributed by atoms with Gasteiger partial charge in [0.05, 0.1) is 5.69 Å². The van der Waals surface area contributed by atoms with Crippen LogP contribution in [0.1, 0.15) is 57.8 Å². The van der Waals surface area contributed by atoms with Crippen LogP contribution < -0.4 is 5.32 Å². The average Bonchev–Trinajstić information content (AvgIpc) is 2.76. The first-order valence-corrected chi connectivity index (χ1v) is 7.85. The Balaban J connectivity index is 2.75. The maximum atomic E-state index is 4.56. The Hall–Kier alpha value is -0.830. The van der Waals surface area contributed by atoms with E-state index in [1.54, 1.807) is 0 Å². The maximum absolute atomic E-state index is 4.56. The zero-order valence-electron chi connectivity index (χ0n) is 13.4. The lowest BCUT2D eigenvalue weighted by Crippen LogP contribution is -2.36. The summed E-state index contributed by atoms with van der Waals surface area (Å²) in [5.74, 6) is 0.778. The summed E-state index contributed by atoms with van der Waals surface area (Å²) in [4.78, 5) is 0. The number of nitrogens with one attached hydrogen (secondary N) is 1. The van der Waals surface area contributed by atoms with Gasteiger partial charge in [-0.25, -0.2) is 0 Å². The van der Waals surface area contributed by atoms with Crippen LogP contribution in [0.25, 0.3) is 0 Å². The topological polar surface area (TPSA) is 29.9 Å². The van der Waals surface area contributed by atoms with Crippen molar-refractivity contribution in [2.24, 2.45) is 13.0 Å². The number of aromatic nitrogens is 2. The molecule has 1 heterocycles. The van der Waals surface area contributed by atoms with Crippen molar-refractivity contribution in [2.45, 2.75) is 65.3 Å². The number of nitrogens with zero attached hydrogens (tertiary/aromatic N) is 2. The quantitative estimate of drug-likeness (QED) is 0.742. The van der Waals surface area contributed by atoms with Gasteiger partial charge >= 0.3 is 0 Å². The van der Waals surface area contributed by atoms with Gasteiger partial charge in [-0.05, 0) is 38.3 Å². The zero-order valence-corrected chi connectivity index (χ0v) is 13.4. The van der Waals surface area contributed by atoms with Crippen LogP contribution in [0.3, 0.4) is 0 Å². The largest absolute Gasteiger partial charge is 0.316 e. The van der Waals surface area contributed by atoms with Crippen molar-refractivity contribution in [2.75, 3.05) is 7.05 Å². The fraction of sp³-hybridized carbons (Fsp3) is 0.812. The van der Waals surface area contributed by atoms with E-state index in [-0.39, 0.29) is 0 Å². The molecule has 3 heteroatoms. The Kier molecular flexibility index (Phi) is 7.14. The van der Waals surface area contributed by atoms with Gasteiger partial charge in [0.15, 0.2) is 0 Å². The highest BCUT2D eigenvalue weighted by molar-refractivity contribution is 5.11. The highest BCUT2D eigenvalue weighted by atomic mass is 15.3. The molecule has 0 aliphatic rings. The molecule has 0 spiro atoms. The van der Waals surface area contributed by atoms with Crippen LogP contribution in [0.15, 0.2) is 6.07 Å². The van der Waals surface area contributed by atoms with Crippen LogP contribution in [0.2, 0.25) is 0 Å². The highest BCUT2D eigenvalue weighted by Crippen LogP contribution is 2.21. The first kappa shape index (κ1) is 16.2. The van der Waals surface area contributed by atoms with Crippen LogP contribution >= 0.6 is 0 Å². The first-order chi connectivity index (χ1) is 9.15. The minimum Gasteiger partial charge on any atom is -0.316 e. The van der Waals surface area contributed by atoms with Gasteiger partial charge in [0, 0.05) is 25.2 Å². The lowest BCUT2D eigenvalue weighted by molar-refractivity contribution is 0.319. The van der Waals surface area contributed by atoms with E-state index in [4.69, 9.17) is 0 Å². The minimum atomic E-state index is 0.569. The molecular formula is C16H31N3. The molecule has 1 atom stereocenters. The monoisotopic (exact) mass is 265 g/mol. The molecule has 0 saturated carbocycles. The second kappa shape index (κ2) is 8.36. The zero-order chi connectivity index (χ0) is 14.3.